The molecule has 0 radical (unpaired) electrons. The maximum atomic E-state index is 10.2. The molecule has 0 aliphatic heterocycles. The van der Waals surface area contributed by atoms with Crippen molar-refractivity contribution in [2.75, 3.05) is 11.9 Å². The fourth-order valence-corrected chi connectivity index (χ4v) is 2.20. The lowest BCUT2D eigenvalue weighted by Crippen LogP contribution is -2.35. The van der Waals surface area contributed by atoms with Gasteiger partial charge in [0, 0.05) is 16.7 Å². The van der Waals surface area contributed by atoms with Crippen LogP contribution >= 0.6 is 15.9 Å². The van der Waals surface area contributed by atoms with Gasteiger partial charge in [-0.2, -0.15) is 0 Å². The standard InChI is InChI=1S/C14H22BrNO/c1-4-11-9-12(15)7-8-13(11)16-10-14(17,5-2)6-3/h7-9,16-17H,4-6,10H2,1-3H3. The Labute approximate surface area is 113 Å². The maximum absolute atomic E-state index is 10.2. The van der Waals surface area contributed by atoms with Crippen molar-refractivity contribution in [1.29, 1.82) is 0 Å². The normalized spacial score (nSPS) is 11.6. The molecule has 2 N–H and O–H groups in total. The van der Waals surface area contributed by atoms with Crippen LogP contribution in [0.4, 0.5) is 5.69 Å². The number of rotatable bonds is 6. The lowest BCUT2D eigenvalue weighted by atomic mass is 9.97. The van der Waals surface area contributed by atoms with Crippen molar-refractivity contribution in [3.63, 3.8) is 0 Å². The molecule has 0 spiro atoms. The summed E-state index contributed by atoms with van der Waals surface area (Å²) in [4.78, 5) is 0. The predicted molar refractivity (Wildman–Crippen MR) is 77.5 cm³/mol. The Bertz CT molecular complexity index is 361. The zero-order valence-corrected chi connectivity index (χ0v) is 12.5. The van der Waals surface area contributed by atoms with Crippen molar-refractivity contribution in [2.24, 2.45) is 0 Å². The van der Waals surface area contributed by atoms with Crippen LogP contribution in [0.15, 0.2) is 22.7 Å². The molecule has 0 bridgehead atoms. The molecule has 0 aliphatic rings. The molecule has 0 aromatic heterocycles. The predicted octanol–water partition coefficient (Wildman–Crippen LogP) is 3.97. The molecule has 1 aromatic carbocycles. The second-order valence-corrected chi connectivity index (χ2v) is 5.36. The van der Waals surface area contributed by atoms with Crippen LogP contribution in [0.1, 0.15) is 39.2 Å². The van der Waals surface area contributed by atoms with Gasteiger partial charge in [0.25, 0.3) is 0 Å². The van der Waals surface area contributed by atoms with Crippen LogP contribution < -0.4 is 5.32 Å². The van der Waals surface area contributed by atoms with E-state index in [9.17, 15) is 5.11 Å². The molecule has 0 unspecified atom stereocenters. The highest BCUT2D eigenvalue weighted by molar-refractivity contribution is 9.10. The molecule has 96 valence electrons. The van der Waals surface area contributed by atoms with E-state index < -0.39 is 5.60 Å². The molecule has 0 atom stereocenters. The van der Waals surface area contributed by atoms with Crippen molar-refractivity contribution in [1.82, 2.24) is 0 Å². The summed E-state index contributed by atoms with van der Waals surface area (Å²) in [5.41, 5.74) is 1.79. The second kappa shape index (κ2) is 6.41. The Kier molecular flexibility index (Phi) is 5.47. The number of nitrogens with one attached hydrogen (secondary N) is 1. The van der Waals surface area contributed by atoms with Crippen molar-refractivity contribution < 1.29 is 5.11 Å². The minimum Gasteiger partial charge on any atom is -0.388 e. The number of anilines is 1. The average Bonchev–Trinajstić information content (AvgIpc) is 2.36. The summed E-state index contributed by atoms with van der Waals surface area (Å²) in [7, 11) is 0. The van der Waals surface area contributed by atoms with Crippen LogP contribution in [0.5, 0.6) is 0 Å². The Morgan fingerprint density at radius 3 is 2.41 bits per heavy atom. The van der Waals surface area contributed by atoms with Crippen molar-refractivity contribution in [3.8, 4) is 0 Å². The van der Waals surface area contributed by atoms with Crippen LogP contribution in [-0.4, -0.2) is 17.3 Å². The highest BCUT2D eigenvalue weighted by Crippen LogP contribution is 2.23. The Morgan fingerprint density at radius 1 is 1.24 bits per heavy atom. The monoisotopic (exact) mass is 299 g/mol. The van der Waals surface area contributed by atoms with E-state index in [4.69, 9.17) is 0 Å². The Hall–Kier alpha value is -0.540. The van der Waals surface area contributed by atoms with Gasteiger partial charge < -0.3 is 10.4 Å². The smallest absolute Gasteiger partial charge is 0.0814 e. The molecule has 0 saturated heterocycles. The fourth-order valence-electron chi connectivity index (χ4n) is 1.79. The first kappa shape index (κ1) is 14.5. The number of benzene rings is 1. The summed E-state index contributed by atoms with van der Waals surface area (Å²) >= 11 is 3.48. The fraction of sp³-hybridized carbons (Fsp3) is 0.571. The number of aryl methyl sites for hydroxylation is 1. The van der Waals surface area contributed by atoms with E-state index in [-0.39, 0.29) is 0 Å². The van der Waals surface area contributed by atoms with Gasteiger partial charge in [-0.05, 0) is 43.0 Å². The SMILES string of the molecule is CCc1cc(Br)ccc1NCC(O)(CC)CC. The summed E-state index contributed by atoms with van der Waals surface area (Å²) < 4.78 is 1.10. The molecule has 2 nitrogen and oxygen atoms in total. The van der Waals surface area contributed by atoms with E-state index in [0.29, 0.717) is 6.54 Å². The van der Waals surface area contributed by atoms with Crippen LogP contribution in [0, 0.1) is 0 Å². The van der Waals surface area contributed by atoms with E-state index >= 15 is 0 Å². The number of hydrogen-bond acceptors (Lipinski definition) is 2. The third kappa shape index (κ3) is 4.00. The number of halogens is 1. The first-order chi connectivity index (χ1) is 8.04. The van der Waals surface area contributed by atoms with Crippen molar-refractivity contribution >= 4 is 21.6 Å². The van der Waals surface area contributed by atoms with Gasteiger partial charge in [-0.25, -0.2) is 0 Å². The van der Waals surface area contributed by atoms with Gasteiger partial charge in [0.05, 0.1) is 5.60 Å². The van der Waals surface area contributed by atoms with Gasteiger partial charge in [-0.15, -0.1) is 0 Å². The zero-order chi connectivity index (χ0) is 12.9. The molecule has 0 saturated carbocycles. The summed E-state index contributed by atoms with van der Waals surface area (Å²) in [6.07, 6.45) is 2.53. The largest absolute Gasteiger partial charge is 0.388 e. The van der Waals surface area contributed by atoms with E-state index in [2.05, 4.69) is 40.3 Å². The van der Waals surface area contributed by atoms with Gasteiger partial charge in [-0.3, -0.25) is 0 Å². The molecule has 0 fully saturated rings. The molecule has 3 heteroatoms. The zero-order valence-electron chi connectivity index (χ0n) is 10.9. The summed E-state index contributed by atoms with van der Waals surface area (Å²) in [6.45, 7) is 6.79. The minimum atomic E-state index is -0.599. The maximum Gasteiger partial charge on any atom is 0.0814 e. The molecule has 0 heterocycles. The molecule has 1 rings (SSSR count). The number of aliphatic hydroxyl groups is 1. The number of hydrogen-bond donors (Lipinski definition) is 2. The first-order valence-electron chi connectivity index (χ1n) is 6.29. The molecule has 0 aliphatic carbocycles. The van der Waals surface area contributed by atoms with E-state index in [1.807, 2.05) is 19.9 Å². The lowest BCUT2D eigenvalue weighted by Gasteiger charge is -2.26. The molecular weight excluding hydrogens is 278 g/mol. The lowest BCUT2D eigenvalue weighted by molar-refractivity contribution is 0.0457. The second-order valence-electron chi connectivity index (χ2n) is 4.44. The van der Waals surface area contributed by atoms with E-state index in [1.54, 1.807) is 0 Å². The molecule has 1 aromatic rings. The van der Waals surface area contributed by atoms with Crippen LogP contribution in [0.25, 0.3) is 0 Å². The van der Waals surface area contributed by atoms with Gasteiger partial charge in [0.1, 0.15) is 0 Å². The Balaban J connectivity index is 2.75. The van der Waals surface area contributed by atoms with Crippen LogP contribution in [0.2, 0.25) is 0 Å². The average molecular weight is 300 g/mol. The van der Waals surface area contributed by atoms with Crippen LogP contribution in [0.3, 0.4) is 0 Å². The molecular formula is C14H22BrNO. The van der Waals surface area contributed by atoms with Gasteiger partial charge in [0.2, 0.25) is 0 Å². The Morgan fingerprint density at radius 2 is 1.88 bits per heavy atom. The highest BCUT2D eigenvalue weighted by Gasteiger charge is 2.21. The van der Waals surface area contributed by atoms with Crippen LogP contribution in [-0.2, 0) is 6.42 Å². The van der Waals surface area contributed by atoms with Gasteiger partial charge >= 0.3 is 0 Å². The summed E-state index contributed by atoms with van der Waals surface area (Å²) in [5.74, 6) is 0. The highest BCUT2D eigenvalue weighted by atomic mass is 79.9. The summed E-state index contributed by atoms with van der Waals surface area (Å²) in [6, 6.07) is 6.21. The topological polar surface area (TPSA) is 32.3 Å². The quantitative estimate of drug-likeness (QED) is 0.833. The van der Waals surface area contributed by atoms with Crippen molar-refractivity contribution in [3.05, 3.63) is 28.2 Å². The van der Waals surface area contributed by atoms with Crippen molar-refractivity contribution in [2.45, 2.75) is 45.6 Å². The minimum absolute atomic E-state index is 0.599. The molecule has 17 heavy (non-hydrogen) atoms. The van der Waals surface area contributed by atoms with E-state index in [1.165, 1.54) is 5.56 Å². The third-order valence-electron chi connectivity index (χ3n) is 3.37. The molecule has 0 amide bonds. The first-order valence-corrected chi connectivity index (χ1v) is 7.08. The van der Waals surface area contributed by atoms with Gasteiger partial charge in [0.15, 0.2) is 0 Å². The third-order valence-corrected chi connectivity index (χ3v) is 3.87. The van der Waals surface area contributed by atoms with E-state index in [0.717, 1.165) is 29.4 Å². The van der Waals surface area contributed by atoms with Gasteiger partial charge in [-0.1, -0.05) is 36.7 Å². The summed E-state index contributed by atoms with van der Waals surface area (Å²) in [5, 5.41) is 13.6.